The van der Waals surface area contributed by atoms with Crippen LogP contribution in [0.15, 0.2) is 36.5 Å². The second kappa shape index (κ2) is 4.23. The van der Waals surface area contributed by atoms with Crippen LogP contribution in [0.3, 0.4) is 0 Å². The predicted molar refractivity (Wildman–Crippen MR) is 64.8 cm³/mol. The Bertz CT molecular complexity index is 612. The van der Waals surface area contributed by atoms with Crippen molar-refractivity contribution in [2.75, 3.05) is 0 Å². The van der Waals surface area contributed by atoms with Gasteiger partial charge in [-0.3, -0.25) is 4.98 Å². The Balaban J connectivity index is 2.52. The largest absolute Gasteiger partial charge is 0.256 e. The summed E-state index contributed by atoms with van der Waals surface area (Å²) in [5.41, 5.74) is 0.897. The number of pyridine rings is 1. The van der Waals surface area contributed by atoms with Gasteiger partial charge in [0.25, 0.3) is 0 Å². The Kier molecular flexibility index (Phi) is 2.77. The smallest absolute Gasteiger partial charge is 0.145 e. The molecule has 1 aromatic carbocycles. The quantitative estimate of drug-likeness (QED) is 0.783. The van der Waals surface area contributed by atoms with E-state index in [-0.39, 0.29) is 0 Å². The summed E-state index contributed by atoms with van der Waals surface area (Å²) < 4.78 is 0. The minimum absolute atomic E-state index is 0.420. The summed E-state index contributed by atoms with van der Waals surface area (Å²) in [5, 5.41) is 19.1. The number of benzene rings is 1. The second-order valence-corrected chi connectivity index (χ2v) is 4.22. The van der Waals surface area contributed by atoms with E-state index in [4.69, 9.17) is 10.5 Å². The van der Waals surface area contributed by atoms with Gasteiger partial charge in [-0.05, 0) is 24.6 Å². The molecule has 0 fully saturated rings. The maximum atomic E-state index is 9.03. The van der Waals surface area contributed by atoms with Crippen LogP contribution in [0.5, 0.6) is 0 Å². The van der Waals surface area contributed by atoms with Crippen molar-refractivity contribution < 1.29 is 0 Å². The number of hydrogen-bond acceptors (Lipinski definition) is 3. The Labute approximate surface area is 99.9 Å². The lowest BCUT2D eigenvalue weighted by Crippen LogP contribution is -2.14. The van der Waals surface area contributed by atoms with E-state index >= 15 is 0 Å². The topological polar surface area (TPSA) is 60.5 Å². The van der Waals surface area contributed by atoms with Crippen LogP contribution in [0.1, 0.15) is 12.5 Å². The zero-order valence-corrected chi connectivity index (χ0v) is 9.51. The molecule has 0 saturated heterocycles. The highest BCUT2D eigenvalue weighted by molar-refractivity contribution is 5.82. The van der Waals surface area contributed by atoms with Crippen LogP contribution in [0.25, 0.3) is 10.9 Å². The molecule has 0 saturated carbocycles. The third-order valence-electron chi connectivity index (χ3n) is 2.78. The Morgan fingerprint density at radius 1 is 1.18 bits per heavy atom. The molecule has 2 aromatic rings. The molecule has 3 nitrogen and oxygen atoms in total. The third kappa shape index (κ3) is 2.09. The van der Waals surface area contributed by atoms with Crippen molar-refractivity contribution in [3.05, 3.63) is 42.1 Å². The summed E-state index contributed by atoms with van der Waals surface area (Å²) in [6.07, 6.45) is 2.13. The van der Waals surface area contributed by atoms with Crippen molar-refractivity contribution >= 4 is 10.9 Å². The van der Waals surface area contributed by atoms with Gasteiger partial charge in [0.1, 0.15) is 5.41 Å². The number of hydrogen-bond donors (Lipinski definition) is 0. The van der Waals surface area contributed by atoms with E-state index in [1.807, 2.05) is 30.3 Å². The fraction of sp³-hybridized carbons (Fsp3) is 0.214. The van der Waals surface area contributed by atoms with Gasteiger partial charge >= 0.3 is 0 Å². The van der Waals surface area contributed by atoms with Crippen molar-refractivity contribution in [1.29, 1.82) is 10.5 Å². The van der Waals surface area contributed by atoms with Crippen LogP contribution < -0.4 is 0 Å². The molecule has 0 radical (unpaired) electrons. The predicted octanol–water partition coefficient (Wildman–Crippen LogP) is 2.83. The van der Waals surface area contributed by atoms with Gasteiger partial charge in [-0.2, -0.15) is 10.5 Å². The molecule has 0 spiro atoms. The molecule has 0 aliphatic carbocycles. The lowest BCUT2D eigenvalue weighted by Gasteiger charge is -2.13. The average molecular weight is 221 g/mol. The molecule has 0 aliphatic heterocycles. The Hall–Kier alpha value is -2.39. The minimum Gasteiger partial charge on any atom is -0.256 e. The number of nitriles is 2. The van der Waals surface area contributed by atoms with Crippen LogP contribution >= 0.6 is 0 Å². The molecule has 0 bridgehead atoms. The molecule has 0 unspecified atom stereocenters. The van der Waals surface area contributed by atoms with Gasteiger partial charge in [-0.1, -0.05) is 18.2 Å². The first-order valence-electron chi connectivity index (χ1n) is 5.34. The van der Waals surface area contributed by atoms with Gasteiger partial charge in [-0.25, -0.2) is 0 Å². The van der Waals surface area contributed by atoms with Crippen LogP contribution in [-0.2, 0) is 6.42 Å². The van der Waals surface area contributed by atoms with Gasteiger partial charge in [-0.15, -0.1) is 0 Å². The summed E-state index contributed by atoms with van der Waals surface area (Å²) in [7, 11) is 0. The van der Waals surface area contributed by atoms with Crippen LogP contribution in [0.2, 0.25) is 0 Å². The highest BCUT2D eigenvalue weighted by Gasteiger charge is 2.24. The summed E-state index contributed by atoms with van der Waals surface area (Å²) >= 11 is 0. The summed E-state index contributed by atoms with van der Waals surface area (Å²) in [5.74, 6) is 0. The first kappa shape index (κ1) is 11.1. The molecule has 0 amide bonds. The molecular weight excluding hydrogens is 210 g/mol. The molecule has 3 heteroatoms. The van der Waals surface area contributed by atoms with Crippen molar-refractivity contribution in [2.24, 2.45) is 5.41 Å². The summed E-state index contributed by atoms with van der Waals surface area (Å²) in [4.78, 5) is 4.26. The van der Waals surface area contributed by atoms with Crippen molar-refractivity contribution in [3.8, 4) is 12.1 Å². The maximum absolute atomic E-state index is 9.03. The fourth-order valence-electron chi connectivity index (χ4n) is 1.79. The first-order valence-corrected chi connectivity index (χ1v) is 5.34. The third-order valence-corrected chi connectivity index (χ3v) is 2.78. The van der Waals surface area contributed by atoms with Crippen LogP contribution in [0.4, 0.5) is 0 Å². The highest BCUT2D eigenvalue weighted by atomic mass is 14.6. The van der Waals surface area contributed by atoms with Crippen LogP contribution in [-0.4, -0.2) is 4.98 Å². The second-order valence-electron chi connectivity index (χ2n) is 4.22. The average Bonchev–Trinajstić information content (AvgIpc) is 2.39. The van der Waals surface area contributed by atoms with E-state index in [1.165, 1.54) is 0 Å². The number of fused-ring (bicyclic) bond motifs is 1. The van der Waals surface area contributed by atoms with Gasteiger partial charge in [0.15, 0.2) is 0 Å². The van der Waals surface area contributed by atoms with E-state index in [2.05, 4.69) is 17.1 Å². The molecule has 0 aliphatic rings. The van der Waals surface area contributed by atoms with E-state index in [0.717, 1.165) is 16.5 Å². The molecule has 82 valence electrons. The lowest BCUT2D eigenvalue weighted by molar-refractivity contribution is 0.583. The van der Waals surface area contributed by atoms with E-state index in [0.29, 0.717) is 6.42 Å². The molecule has 17 heavy (non-hydrogen) atoms. The van der Waals surface area contributed by atoms with Gasteiger partial charge in [0, 0.05) is 18.0 Å². The van der Waals surface area contributed by atoms with Gasteiger partial charge < -0.3 is 0 Å². The summed E-state index contributed by atoms with van der Waals surface area (Å²) in [6.45, 7) is 1.65. The minimum atomic E-state index is -0.982. The fourth-order valence-corrected chi connectivity index (χ4v) is 1.79. The lowest BCUT2D eigenvalue weighted by atomic mass is 9.86. The van der Waals surface area contributed by atoms with E-state index in [9.17, 15) is 0 Å². The molecular formula is C14H11N3. The van der Waals surface area contributed by atoms with Crippen molar-refractivity contribution in [1.82, 2.24) is 4.98 Å². The summed E-state index contributed by atoms with van der Waals surface area (Å²) in [6, 6.07) is 13.7. The zero-order chi connectivity index (χ0) is 12.3. The highest BCUT2D eigenvalue weighted by Crippen LogP contribution is 2.25. The van der Waals surface area contributed by atoms with Crippen molar-refractivity contribution in [2.45, 2.75) is 13.3 Å². The maximum Gasteiger partial charge on any atom is 0.145 e. The van der Waals surface area contributed by atoms with Gasteiger partial charge in [0.2, 0.25) is 0 Å². The standard InChI is InChI=1S/C14H11N3/c1-14(9-15,10-16)8-11-6-7-17-13-5-3-2-4-12(11)13/h2-7H,8H2,1H3. The van der Waals surface area contributed by atoms with E-state index < -0.39 is 5.41 Å². The SMILES string of the molecule is CC(C#N)(C#N)Cc1ccnc2ccccc12. The number of aromatic nitrogens is 1. The molecule has 1 heterocycles. The monoisotopic (exact) mass is 221 g/mol. The number of rotatable bonds is 2. The molecule has 1 aromatic heterocycles. The first-order chi connectivity index (χ1) is 8.18. The molecule has 2 rings (SSSR count). The number of para-hydroxylation sites is 1. The number of nitrogens with zero attached hydrogens (tertiary/aromatic N) is 3. The zero-order valence-electron chi connectivity index (χ0n) is 9.51. The Morgan fingerprint density at radius 2 is 1.88 bits per heavy atom. The molecule has 0 N–H and O–H groups in total. The molecule has 0 atom stereocenters. The van der Waals surface area contributed by atoms with E-state index in [1.54, 1.807) is 13.1 Å². The normalized spacial score (nSPS) is 10.8. The Morgan fingerprint density at radius 3 is 2.59 bits per heavy atom. The van der Waals surface area contributed by atoms with Crippen LogP contribution in [0, 0.1) is 28.1 Å². The van der Waals surface area contributed by atoms with Crippen molar-refractivity contribution in [3.63, 3.8) is 0 Å². The van der Waals surface area contributed by atoms with Gasteiger partial charge in [0.05, 0.1) is 17.7 Å².